The van der Waals surface area contributed by atoms with Crippen LogP contribution in [0.1, 0.15) is 24.4 Å². The van der Waals surface area contributed by atoms with Crippen LogP contribution in [0.4, 0.5) is 5.13 Å². The van der Waals surface area contributed by atoms with Crippen molar-refractivity contribution in [1.29, 1.82) is 0 Å². The van der Waals surface area contributed by atoms with E-state index in [9.17, 15) is 13.2 Å². The molecule has 24 heavy (non-hydrogen) atoms. The Balaban J connectivity index is 2.14. The van der Waals surface area contributed by atoms with E-state index in [1.54, 1.807) is 32.9 Å². The van der Waals surface area contributed by atoms with Crippen molar-refractivity contribution >= 4 is 44.1 Å². The van der Waals surface area contributed by atoms with E-state index in [4.69, 9.17) is 16.3 Å². The third-order valence-electron chi connectivity index (χ3n) is 2.86. The van der Waals surface area contributed by atoms with Crippen molar-refractivity contribution in [2.24, 2.45) is 0 Å². The number of ether oxygens (including phenoxy) is 1. The average molecular weight is 390 g/mol. The predicted molar refractivity (Wildman–Crippen MR) is 91.8 cm³/mol. The van der Waals surface area contributed by atoms with Gasteiger partial charge in [0.25, 0.3) is 10.0 Å². The number of halogens is 1. The number of carbonyl (C=O) groups excluding carboxylic acids is 1. The molecule has 2 aromatic rings. The fourth-order valence-electron chi connectivity index (χ4n) is 1.84. The molecule has 1 N–H and O–H groups in total. The second-order valence-electron chi connectivity index (χ2n) is 5.18. The SMILES string of the molecule is Cc1c(Cl)cccc1S(=O)(=O)Nc1nnc(CC(=O)OC(C)C)s1. The van der Waals surface area contributed by atoms with Gasteiger partial charge in [-0.3, -0.25) is 9.52 Å². The molecule has 1 aromatic heterocycles. The summed E-state index contributed by atoms with van der Waals surface area (Å²) >= 11 is 6.93. The molecule has 0 saturated heterocycles. The molecular formula is C14H16ClN3O4S2. The molecule has 1 aromatic carbocycles. The summed E-state index contributed by atoms with van der Waals surface area (Å²) in [6.07, 6.45) is -0.289. The third kappa shape index (κ3) is 4.65. The molecule has 0 atom stereocenters. The number of benzene rings is 1. The first-order valence-corrected chi connectivity index (χ1v) is 9.66. The minimum absolute atomic E-state index is 0.0611. The lowest BCUT2D eigenvalue weighted by atomic mass is 10.2. The Morgan fingerprint density at radius 3 is 2.75 bits per heavy atom. The summed E-state index contributed by atoms with van der Waals surface area (Å²) in [7, 11) is -3.84. The largest absolute Gasteiger partial charge is 0.463 e. The monoisotopic (exact) mass is 389 g/mol. The molecular weight excluding hydrogens is 374 g/mol. The Morgan fingerprint density at radius 2 is 2.08 bits per heavy atom. The number of nitrogens with zero attached hydrogens (tertiary/aromatic N) is 2. The highest BCUT2D eigenvalue weighted by Gasteiger charge is 2.21. The zero-order valence-corrected chi connectivity index (χ0v) is 15.6. The van der Waals surface area contributed by atoms with E-state index in [1.807, 2.05) is 0 Å². The highest BCUT2D eigenvalue weighted by molar-refractivity contribution is 7.93. The minimum Gasteiger partial charge on any atom is -0.463 e. The maximum absolute atomic E-state index is 12.4. The number of esters is 1. The van der Waals surface area contributed by atoms with E-state index in [0.717, 1.165) is 11.3 Å². The molecule has 10 heteroatoms. The van der Waals surface area contributed by atoms with Crippen molar-refractivity contribution in [2.75, 3.05) is 4.72 Å². The van der Waals surface area contributed by atoms with Crippen molar-refractivity contribution in [1.82, 2.24) is 10.2 Å². The highest BCUT2D eigenvalue weighted by Crippen LogP contribution is 2.26. The van der Waals surface area contributed by atoms with E-state index < -0.39 is 16.0 Å². The molecule has 0 amide bonds. The van der Waals surface area contributed by atoms with Crippen LogP contribution < -0.4 is 4.72 Å². The average Bonchev–Trinajstić information content (AvgIpc) is 2.86. The first-order chi connectivity index (χ1) is 11.2. The molecule has 0 aliphatic rings. The maximum atomic E-state index is 12.4. The van der Waals surface area contributed by atoms with Gasteiger partial charge in [-0.1, -0.05) is 29.0 Å². The van der Waals surface area contributed by atoms with Crippen LogP contribution in [-0.2, 0) is 26.0 Å². The molecule has 0 aliphatic carbocycles. The Morgan fingerprint density at radius 1 is 1.38 bits per heavy atom. The van der Waals surface area contributed by atoms with Gasteiger partial charge in [0.05, 0.1) is 17.4 Å². The standard InChI is InChI=1S/C14H16ClN3O4S2/c1-8(2)22-13(19)7-12-16-17-14(23-12)18-24(20,21)11-6-4-5-10(15)9(11)3/h4-6,8H,7H2,1-3H3,(H,17,18). The van der Waals surface area contributed by atoms with E-state index in [1.165, 1.54) is 6.07 Å². The number of carbonyl (C=O) groups is 1. The summed E-state index contributed by atoms with van der Waals surface area (Å²) in [6.45, 7) is 5.10. The highest BCUT2D eigenvalue weighted by atomic mass is 35.5. The lowest BCUT2D eigenvalue weighted by Gasteiger charge is -2.08. The normalized spacial score (nSPS) is 11.5. The third-order valence-corrected chi connectivity index (χ3v) is 5.72. The van der Waals surface area contributed by atoms with Crippen LogP contribution in [0.15, 0.2) is 23.1 Å². The maximum Gasteiger partial charge on any atom is 0.313 e. The van der Waals surface area contributed by atoms with Crippen molar-refractivity contribution in [2.45, 2.75) is 38.2 Å². The van der Waals surface area contributed by atoms with E-state index in [-0.39, 0.29) is 22.6 Å². The Hall–Kier alpha value is -1.71. The van der Waals surface area contributed by atoms with Gasteiger partial charge in [0.15, 0.2) is 0 Å². The summed E-state index contributed by atoms with van der Waals surface area (Å²) in [5.41, 5.74) is 0.442. The van der Waals surface area contributed by atoms with Gasteiger partial charge in [-0.25, -0.2) is 8.42 Å². The first kappa shape index (κ1) is 18.6. The first-order valence-electron chi connectivity index (χ1n) is 6.99. The number of rotatable bonds is 6. The van der Waals surface area contributed by atoms with Crippen molar-refractivity contribution < 1.29 is 17.9 Å². The van der Waals surface area contributed by atoms with Crippen LogP contribution in [0.3, 0.4) is 0 Å². The van der Waals surface area contributed by atoms with Crippen molar-refractivity contribution in [3.05, 3.63) is 33.8 Å². The zero-order chi connectivity index (χ0) is 17.9. The van der Waals surface area contributed by atoms with E-state index in [0.29, 0.717) is 15.6 Å². The molecule has 2 rings (SSSR count). The molecule has 0 bridgehead atoms. The number of nitrogens with one attached hydrogen (secondary N) is 1. The van der Waals surface area contributed by atoms with Crippen molar-refractivity contribution in [3.8, 4) is 0 Å². The Kier molecular flexibility index (Phi) is 5.79. The molecule has 130 valence electrons. The van der Waals surface area contributed by atoms with Gasteiger partial charge in [-0.15, -0.1) is 10.2 Å². The van der Waals surface area contributed by atoms with Gasteiger partial charge >= 0.3 is 5.97 Å². The molecule has 0 fully saturated rings. The van der Waals surface area contributed by atoms with Gasteiger partial charge in [0.2, 0.25) is 5.13 Å². The van der Waals surface area contributed by atoms with E-state index in [2.05, 4.69) is 14.9 Å². The summed E-state index contributed by atoms with van der Waals surface area (Å²) in [5, 5.41) is 8.33. The number of hydrogen-bond donors (Lipinski definition) is 1. The molecule has 0 saturated carbocycles. The fraction of sp³-hybridized carbons (Fsp3) is 0.357. The molecule has 0 aliphatic heterocycles. The lowest BCUT2D eigenvalue weighted by molar-refractivity contribution is -0.146. The van der Waals surface area contributed by atoms with Gasteiger partial charge < -0.3 is 4.74 Å². The Bertz CT molecular complexity index is 849. The fourth-order valence-corrected chi connectivity index (χ4v) is 4.30. The van der Waals surface area contributed by atoms with Gasteiger partial charge in [-0.2, -0.15) is 0 Å². The van der Waals surface area contributed by atoms with Crippen LogP contribution in [0.2, 0.25) is 5.02 Å². The summed E-state index contributed by atoms with van der Waals surface area (Å²) in [5.74, 6) is -0.443. The number of hydrogen-bond acceptors (Lipinski definition) is 7. The lowest BCUT2D eigenvalue weighted by Crippen LogP contribution is -2.14. The summed E-state index contributed by atoms with van der Waals surface area (Å²) in [4.78, 5) is 11.6. The van der Waals surface area contributed by atoms with Gasteiger partial charge in [0, 0.05) is 5.02 Å². The molecule has 0 radical (unpaired) electrons. The van der Waals surface area contributed by atoms with Crippen LogP contribution in [-0.4, -0.2) is 30.7 Å². The van der Waals surface area contributed by atoms with Gasteiger partial charge in [-0.05, 0) is 38.5 Å². The van der Waals surface area contributed by atoms with Crippen LogP contribution in [0, 0.1) is 6.92 Å². The second kappa shape index (κ2) is 7.45. The van der Waals surface area contributed by atoms with Crippen LogP contribution in [0.25, 0.3) is 0 Å². The summed E-state index contributed by atoms with van der Waals surface area (Å²) in [6, 6.07) is 4.61. The molecule has 7 nitrogen and oxygen atoms in total. The van der Waals surface area contributed by atoms with Gasteiger partial charge in [0.1, 0.15) is 5.01 Å². The molecule has 1 heterocycles. The topological polar surface area (TPSA) is 98.3 Å². The van der Waals surface area contributed by atoms with E-state index >= 15 is 0 Å². The Labute approximate surface area is 149 Å². The molecule has 0 spiro atoms. The number of anilines is 1. The smallest absolute Gasteiger partial charge is 0.313 e. The summed E-state index contributed by atoms with van der Waals surface area (Å²) < 4.78 is 32.2. The zero-order valence-electron chi connectivity index (χ0n) is 13.2. The second-order valence-corrected chi connectivity index (χ2v) is 8.30. The van der Waals surface area contributed by atoms with Crippen molar-refractivity contribution in [3.63, 3.8) is 0 Å². The number of sulfonamides is 1. The quantitative estimate of drug-likeness (QED) is 0.763. The van der Waals surface area contributed by atoms with Crippen LogP contribution in [0.5, 0.6) is 0 Å². The number of aromatic nitrogens is 2. The predicted octanol–water partition coefficient (Wildman–Crippen LogP) is 2.79. The van der Waals surface area contributed by atoms with Crippen LogP contribution >= 0.6 is 22.9 Å². The minimum atomic E-state index is -3.84. The molecule has 0 unspecified atom stereocenters.